The highest BCUT2D eigenvalue weighted by atomic mass is 19.2. The Morgan fingerprint density at radius 1 is 1.04 bits per heavy atom. The predicted octanol–water partition coefficient (Wildman–Crippen LogP) is 5.59. The summed E-state index contributed by atoms with van der Waals surface area (Å²) in [6, 6.07) is 7.84. The highest BCUT2D eigenvalue weighted by molar-refractivity contribution is 5.51. The molecule has 1 N–H and O–H groups in total. The van der Waals surface area contributed by atoms with Gasteiger partial charge in [-0.25, -0.2) is 13.2 Å². The molecule has 1 saturated carbocycles. The number of aliphatic hydroxyl groups excluding tert-OH is 1. The summed E-state index contributed by atoms with van der Waals surface area (Å²) in [6.45, 7) is -0.529. The quantitative estimate of drug-likeness (QED) is 0.737. The van der Waals surface area contributed by atoms with Crippen LogP contribution in [0, 0.1) is 23.4 Å². The topological polar surface area (TPSA) is 29.5 Å². The maximum atomic E-state index is 14.2. The van der Waals surface area contributed by atoms with Crippen LogP contribution in [0.5, 0.6) is 5.75 Å². The monoisotopic (exact) mass is 376 g/mol. The van der Waals surface area contributed by atoms with Crippen LogP contribution in [0.4, 0.5) is 13.2 Å². The Balaban J connectivity index is 1.63. The Bertz CT molecular complexity index is 825. The van der Waals surface area contributed by atoms with Gasteiger partial charge in [-0.3, -0.25) is 0 Å². The molecule has 3 rings (SSSR count). The first-order chi connectivity index (χ1) is 13.0. The Hall–Kier alpha value is -2.27. The number of hydrogen-bond acceptors (Lipinski definition) is 2. The Kier molecular flexibility index (Phi) is 6.22. The molecule has 0 atom stereocenters. The van der Waals surface area contributed by atoms with E-state index in [9.17, 15) is 13.2 Å². The zero-order chi connectivity index (χ0) is 19.4. The van der Waals surface area contributed by atoms with E-state index in [1.165, 1.54) is 25.3 Å². The third-order valence-electron chi connectivity index (χ3n) is 5.33. The molecular weight excluding hydrogens is 353 g/mol. The van der Waals surface area contributed by atoms with Crippen molar-refractivity contribution >= 4 is 6.08 Å². The van der Waals surface area contributed by atoms with E-state index in [0.717, 1.165) is 25.7 Å². The molecule has 2 nitrogen and oxygen atoms in total. The van der Waals surface area contributed by atoms with E-state index in [0.29, 0.717) is 11.3 Å². The number of hydrogen-bond donors (Lipinski definition) is 1. The number of halogens is 3. The van der Waals surface area contributed by atoms with Crippen LogP contribution in [0.3, 0.4) is 0 Å². The van der Waals surface area contributed by atoms with E-state index in [-0.39, 0.29) is 28.8 Å². The van der Waals surface area contributed by atoms with Gasteiger partial charge in [0.25, 0.3) is 0 Å². The largest absolute Gasteiger partial charge is 0.497 e. The highest BCUT2D eigenvalue weighted by Gasteiger charge is 2.23. The van der Waals surface area contributed by atoms with Crippen LogP contribution in [0.1, 0.15) is 48.3 Å². The number of methoxy groups -OCH3 is 1. The lowest BCUT2D eigenvalue weighted by Crippen LogP contribution is -2.13. The van der Waals surface area contributed by atoms with Gasteiger partial charge in [-0.15, -0.1) is 0 Å². The molecule has 0 amide bonds. The van der Waals surface area contributed by atoms with Gasteiger partial charge in [0.2, 0.25) is 0 Å². The fourth-order valence-electron chi connectivity index (χ4n) is 3.68. The van der Waals surface area contributed by atoms with Crippen LogP contribution in [0.15, 0.2) is 36.4 Å². The summed E-state index contributed by atoms with van der Waals surface area (Å²) in [6.07, 6.45) is 6.92. The average Bonchev–Trinajstić information content (AvgIpc) is 2.69. The lowest BCUT2D eigenvalue weighted by molar-refractivity contribution is 0.273. The van der Waals surface area contributed by atoms with Crippen LogP contribution in [-0.2, 0) is 6.61 Å². The molecule has 0 spiro atoms. The van der Waals surface area contributed by atoms with Crippen molar-refractivity contribution in [1.29, 1.82) is 0 Å². The molecule has 0 heterocycles. The molecule has 1 aliphatic carbocycles. The smallest absolute Gasteiger partial charge is 0.166 e. The first-order valence-corrected chi connectivity index (χ1v) is 9.12. The third-order valence-corrected chi connectivity index (χ3v) is 5.33. The second kappa shape index (κ2) is 8.61. The third kappa shape index (κ3) is 4.35. The molecule has 2 aromatic rings. The van der Waals surface area contributed by atoms with Crippen molar-refractivity contribution in [3.8, 4) is 5.75 Å². The Morgan fingerprint density at radius 3 is 2.41 bits per heavy atom. The Morgan fingerprint density at radius 2 is 1.78 bits per heavy atom. The van der Waals surface area contributed by atoms with Gasteiger partial charge in [0.1, 0.15) is 11.6 Å². The fourth-order valence-corrected chi connectivity index (χ4v) is 3.68. The molecular formula is C22H23F3O2. The normalized spacial score (nSPS) is 20.2. The summed E-state index contributed by atoms with van der Waals surface area (Å²) in [5.74, 6) is -1.25. The second-order valence-electron chi connectivity index (χ2n) is 6.96. The molecule has 0 bridgehead atoms. The molecule has 27 heavy (non-hydrogen) atoms. The van der Waals surface area contributed by atoms with Crippen LogP contribution >= 0.6 is 0 Å². The van der Waals surface area contributed by atoms with Crippen molar-refractivity contribution in [2.45, 2.75) is 38.2 Å². The SMILES string of the molecule is COc1ccc(C2CCC(/C=C/c3ccc(CO)c(F)c3F)CC2)c(F)c1. The number of rotatable bonds is 5. The Labute approximate surface area is 157 Å². The zero-order valence-electron chi connectivity index (χ0n) is 15.2. The molecule has 2 aromatic carbocycles. The average molecular weight is 376 g/mol. The van der Waals surface area contributed by atoms with Crippen molar-refractivity contribution in [3.05, 3.63) is 70.5 Å². The molecule has 1 aliphatic rings. The van der Waals surface area contributed by atoms with E-state index in [4.69, 9.17) is 9.84 Å². The summed E-state index contributed by atoms with van der Waals surface area (Å²) in [7, 11) is 1.51. The minimum atomic E-state index is -1.00. The van der Waals surface area contributed by atoms with Crippen molar-refractivity contribution < 1.29 is 23.0 Å². The highest BCUT2D eigenvalue weighted by Crippen LogP contribution is 2.38. The van der Waals surface area contributed by atoms with Crippen molar-refractivity contribution in [1.82, 2.24) is 0 Å². The molecule has 0 aliphatic heterocycles. The lowest BCUT2D eigenvalue weighted by atomic mass is 9.78. The number of aliphatic hydroxyl groups is 1. The van der Waals surface area contributed by atoms with Gasteiger partial charge in [-0.2, -0.15) is 0 Å². The summed E-state index contributed by atoms with van der Waals surface area (Å²) in [5, 5.41) is 8.98. The van der Waals surface area contributed by atoms with Crippen molar-refractivity contribution in [2.75, 3.05) is 7.11 Å². The van der Waals surface area contributed by atoms with E-state index < -0.39 is 18.2 Å². The van der Waals surface area contributed by atoms with E-state index in [1.54, 1.807) is 18.2 Å². The van der Waals surface area contributed by atoms with Crippen LogP contribution in [0.2, 0.25) is 0 Å². The minimum absolute atomic E-state index is 0.0494. The van der Waals surface area contributed by atoms with Gasteiger partial charge in [-0.05, 0) is 49.1 Å². The minimum Gasteiger partial charge on any atom is -0.497 e. The summed E-state index contributed by atoms with van der Waals surface area (Å²) in [5.41, 5.74) is 0.839. The summed E-state index contributed by atoms with van der Waals surface area (Å²) < 4.78 is 47.0. The lowest BCUT2D eigenvalue weighted by Gasteiger charge is -2.27. The fraction of sp³-hybridized carbons (Fsp3) is 0.364. The van der Waals surface area contributed by atoms with Gasteiger partial charge >= 0.3 is 0 Å². The first kappa shape index (κ1) is 19.5. The molecule has 0 unspecified atom stereocenters. The molecule has 5 heteroatoms. The van der Waals surface area contributed by atoms with Crippen LogP contribution < -0.4 is 4.74 Å². The van der Waals surface area contributed by atoms with Crippen molar-refractivity contribution in [2.24, 2.45) is 5.92 Å². The standard InChI is InChI=1S/C22H23F3O2/c1-27-18-10-11-19(20(23)12-18)15-5-2-14(3-6-15)4-7-16-8-9-17(13-26)22(25)21(16)24/h4,7-12,14-15,26H,2-3,5-6,13H2,1H3/b7-4+. The zero-order valence-corrected chi connectivity index (χ0v) is 15.2. The van der Waals surface area contributed by atoms with E-state index in [2.05, 4.69) is 0 Å². The molecule has 144 valence electrons. The van der Waals surface area contributed by atoms with Crippen molar-refractivity contribution in [3.63, 3.8) is 0 Å². The molecule has 0 aromatic heterocycles. The summed E-state index contributed by atoms with van der Waals surface area (Å²) >= 11 is 0. The predicted molar refractivity (Wildman–Crippen MR) is 99.0 cm³/mol. The van der Waals surface area contributed by atoms with Gasteiger partial charge in [-0.1, -0.05) is 30.4 Å². The maximum Gasteiger partial charge on any atom is 0.166 e. The van der Waals surface area contributed by atoms with Crippen LogP contribution in [0.25, 0.3) is 6.08 Å². The molecule has 0 saturated heterocycles. The summed E-state index contributed by atoms with van der Waals surface area (Å²) in [4.78, 5) is 0. The number of allylic oxidation sites excluding steroid dienone is 1. The first-order valence-electron chi connectivity index (χ1n) is 9.12. The van der Waals surface area contributed by atoms with Gasteiger partial charge < -0.3 is 9.84 Å². The number of benzene rings is 2. The van der Waals surface area contributed by atoms with Gasteiger partial charge in [0, 0.05) is 17.2 Å². The van der Waals surface area contributed by atoms with E-state index >= 15 is 0 Å². The maximum absolute atomic E-state index is 14.2. The van der Waals surface area contributed by atoms with Gasteiger partial charge in [0.05, 0.1) is 13.7 Å². The van der Waals surface area contributed by atoms with Crippen LogP contribution in [-0.4, -0.2) is 12.2 Å². The second-order valence-corrected chi connectivity index (χ2v) is 6.96. The molecule has 0 radical (unpaired) electrons. The number of ether oxygens (including phenoxy) is 1. The van der Waals surface area contributed by atoms with E-state index in [1.807, 2.05) is 6.08 Å². The van der Waals surface area contributed by atoms with Gasteiger partial charge in [0.15, 0.2) is 11.6 Å². The molecule has 1 fully saturated rings.